The maximum atomic E-state index is 10.1. The minimum absolute atomic E-state index is 0.0187. The van der Waals surface area contributed by atoms with Crippen LogP contribution in [-0.2, 0) is 9.59 Å². The number of carbonyl (C=O) groups excluding carboxylic acids is 2. The number of carboxylic acids is 1. The first-order valence-electron chi connectivity index (χ1n) is 2.78. The number of primary amides is 1. The Balaban J connectivity index is 3.49. The highest BCUT2D eigenvalue weighted by Crippen LogP contribution is 1.90. The number of carboxylic acid groups (broad SMARTS) is 1. The summed E-state index contributed by atoms with van der Waals surface area (Å²) in [5.74, 6) is -1.92. The Kier molecular flexibility index (Phi) is 3.42. The van der Waals surface area contributed by atoms with E-state index in [9.17, 15) is 14.7 Å². The molecule has 0 radical (unpaired) electrons. The second-order valence-corrected chi connectivity index (χ2v) is 1.93. The number of carbonyl (C=O) groups is 2. The van der Waals surface area contributed by atoms with Crippen LogP contribution in [0, 0.1) is 0 Å². The third-order valence-electron chi connectivity index (χ3n) is 1.00. The Bertz CT molecular complexity index is 146. The zero-order valence-electron chi connectivity index (χ0n) is 5.37. The molecule has 0 saturated carbocycles. The number of aliphatic carboxylic acids is 1. The Morgan fingerprint density at radius 3 is 2.30 bits per heavy atom. The molecule has 0 aromatic carbocycles. The van der Waals surface area contributed by atoms with Crippen LogP contribution < -0.4 is 16.6 Å². The molecule has 5 nitrogen and oxygen atoms in total. The van der Waals surface area contributed by atoms with Crippen molar-refractivity contribution >= 4 is 11.9 Å². The second-order valence-electron chi connectivity index (χ2n) is 1.93. The van der Waals surface area contributed by atoms with Crippen LogP contribution in [-0.4, -0.2) is 17.9 Å². The Morgan fingerprint density at radius 2 is 2.00 bits per heavy atom. The van der Waals surface area contributed by atoms with Crippen molar-refractivity contribution in [2.75, 3.05) is 0 Å². The van der Waals surface area contributed by atoms with Gasteiger partial charge in [-0.1, -0.05) is 0 Å². The van der Waals surface area contributed by atoms with Crippen molar-refractivity contribution in [2.24, 2.45) is 11.5 Å². The lowest BCUT2D eigenvalue weighted by Gasteiger charge is -2.09. The van der Waals surface area contributed by atoms with E-state index in [1.807, 2.05) is 0 Å². The summed E-state index contributed by atoms with van der Waals surface area (Å²) in [6.45, 7) is 0. The second kappa shape index (κ2) is 3.84. The molecule has 0 aliphatic rings. The van der Waals surface area contributed by atoms with E-state index in [2.05, 4.69) is 0 Å². The van der Waals surface area contributed by atoms with Gasteiger partial charge in [0.05, 0.1) is 5.97 Å². The van der Waals surface area contributed by atoms with Crippen LogP contribution >= 0.6 is 0 Å². The molecule has 0 rings (SSSR count). The van der Waals surface area contributed by atoms with Crippen molar-refractivity contribution in [3.8, 4) is 0 Å². The molecule has 0 aliphatic heterocycles. The lowest BCUT2D eigenvalue weighted by atomic mass is 10.2. The van der Waals surface area contributed by atoms with Crippen molar-refractivity contribution in [3.05, 3.63) is 0 Å². The lowest BCUT2D eigenvalue weighted by Crippen LogP contribution is -2.42. The van der Waals surface area contributed by atoms with Gasteiger partial charge in [0.1, 0.15) is 0 Å². The van der Waals surface area contributed by atoms with E-state index in [1.165, 1.54) is 0 Å². The molecule has 4 N–H and O–H groups in total. The third-order valence-corrected chi connectivity index (χ3v) is 1.00. The topological polar surface area (TPSA) is 109 Å². The fourth-order valence-corrected chi connectivity index (χ4v) is 0.416. The van der Waals surface area contributed by atoms with Crippen molar-refractivity contribution in [1.29, 1.82) is 0 Å². The van der Waals surface area contributed by atoms with Crippen LogP contribution in [0.15, 0.2) is 0 Å². The number of nitrogens with two attached hydrogens (primary N) is 2. The standard InChI is InChI=1S/C5H10N2O3/c6-3(5(9)10)1-2-4(7)8/h3H,1-2,6H2,(H2,7,8)(H,9,10)/p-1/t3-/m1/s1. The van der Waals surface area contributed by atoms with Gasteiger partial charge < -0.3 is 21.4 Å². The summed E-state index contributed by atoms with van der Waals surface area (Å²) in [5.41, 5.74) is 9.73. The Labute approximate surface area is 58.0 Å². The molecule has 0 spiro atoms. The Hall–Kier alpha value is -1.10. The average molecular weight is 145 g/mol. The summed E-state index contributed by atoms with van der Waals surface area (Å²) in [7, 11) is 0. The van der Waals surface area contributed by atoms with Gasteiger partial charge in [0.25, 0.3) is 0 Å². The molecule has 0 heterocycles. The molecule has 1 atom stereocenters. The van der Waals surface area contributed by atoms with Crippen LogP contribution in [0.2, 0.25) is 0 Å². The van der Waals surface area contributed by atoms with Crippen molar-refractivity contribution in [2.45, 2.75) is 18.9 Å². The predicted octanol–water partition coefficient (Wildman–Crippen LogP) is -2.67. The summed E-state index contributed by atoms with van der Waals surface area (Å²) >= 11 is 0. The number of hydrogen-bond donors (Lipinski definition) is 2. The van der Waals surface area contributed by atoms with Gasteiger partial charge in [0.15, 0.2) is 0 Å². The summed E-state index contributed by atoms with van der Waals surface area (Å²) in [6.07, 6.45) is 0.0206. The first-order chi connectivity index (χ1) is 4.54. The first kappa shape index (κ1) is 8.90. The molecule has 0 unspecified atom stereocenters. The van der Waals surface area contributed by atoms with Crippen LogP contribution in [0.5, 0.6) is 0 Å². The monoisotopic (exact) mass is 145 g/mol. The molecule has 0 aromatic rings. The molecule has 0 bridgehead atoms. The van der Waals surface area contributed by atoms with Gasteiger partial charge in [-0.2, -0.15) is 0 Å². The van der Waals surface area contributed by atoms with Gasteiger partial charge in [0.2, 0.25) is 5.91 Å². The highest BCUT2D eigenvalue weighted by molar-refractivity contribution is 5.76. The van der Waals surface area contributed by atoms with E-state index in [4.69, 9.17) is 11.5 Å². The third kappa shape index (κ3) is 3.85. The van der Waals surface area contributed by atoms with Gasteiger partial charge in [0, 0.05) is 12.5 Å². The highest BCUT2D eigenvalue weighted by atomic mass is 16.4. The molecule has 10 heavy (non-hydrogen) atoms. The normalized spacial score (nSPS) is 12.5. The van der Waals surface area contributed by atoms with E-state index in [-0.39, 0.29) is 12.8 Å². The van der Waals surface area contributed by atoms with E-state index < -0.39 is 17.9 Å². The molecule has 0 aromatic heterocycles. The molecule has 0 fully saturated rings. The first-order valence-corrected chi connectivity index (χ1v) is 2.78. The van der Waals surface area contributed by atoms with Gasteiger partial charge in [-0.05, 0) is 6.42 Å². The van der Waals surface area contributed by atoms with Gasteiger partial charge in [-0.25, -0.2) is 0 Å². The largest absolute Gasteiger partial charge is 0.548 e. The maximum Gasteiger partial charge on any atom is 0.217 e. The summed E-state index contributed by atoms with van der Waals surface area (Å²) in [4.78, 5) is 20.0. The molecule has 0 aliphatic carbocycles. The van der Waals surface area contributed by atoms with Crippen LogP contribution in [0.4, 0.5) is 0 Å². The van der Waals surface area contributed by atoms with Crippen LogP contribution in [0.3, 0.4) is 0 Å². The number of rotatable bonds is 4. The minimum Gasteiger partial charge on any atom is -0.548 e. The molecule has 5 heteroatoms. The Morgan fingerprint density at radius 1 is 1.50 bits per heavy atom. The van der Waals surface area contributed by atoms with Crippen molar-refractivity contribution < 1.29 is 14.7 Å². The maximum absolute atomic E-state index is 10.1. The summed E-state index contributed by atoms with van der Waals surface area (Å²) < 4.78 is 0. The van der Waals surface area contributed by atoms with E-state index in [0.29, 0.717) is 0 Å². The zero-order valence-corrected chi connectivity index (χ0v) is 5.37. The summed E-state index contributed by atoms with van der Waals surface area (Å²) in [5, 5.41) is 9.92. The molecule has 1 amide bonds. The SMILES string of the molecule is NC(=O)CC[C@@H](N)C(=O)[O-]. The van der Waals surface area contributed by atoms with E-state index in [1.54, 1.807) is 0 Å². The van der Waals surface area contributed by atoms with Crippen molar-refractivity contribution in [1.82, 2.24) is 0 Å². The lowest BCUT2D eigenvalue weighted by molar-refractivity contribution is -0.307. The highest BCUT2D eigenvalue weighted by Gasteiger charge is 2.04. The zero-order chi connectivity index (χ0) is 8.15. The molecular formula is C5H9N2O3-. The van der Waals surface area contributed by atoms with Crippen LogP contribution in [0.25, 0.3) is 0 Å². The molecular weight excluding hydrogens is 136 g/mol. The summed E-state index contributed by atoms with van der Waals surface area (Å²) in [6, 6.07) is -1.09. The van der Waals surface area contributed by atoms with Gasteiger partial charge in [-0.15, -0.1) is 0 Å². The fourth-order valence-electron chi connectivity index (χ4n) is 0.416. The number of amides is 1. The van der Waals surface area contributed by atoms with E-state index >= 15 is 0 Å². The smallest absolute Gasteiger partial charge is 0.217 e. The van der Waals surface area contributed by atoms with Crippen LogP contribution in [0.1, 0.15) is 12.8 Å². The molecule has 58 valence electrons. The number of hydrogen-bond acceptors (Lipinski definition) is 4. The molecule has 0 saturated heterocycles. The van der Waals surface area contributed by atoms with Gasteiger partial charge >= 0.3 is 0 Å². The quantitative estimate of drug-likeness (QED) is 0.449. The van der Waals surface area contributed by atoms with Gasteiger partial charge in [-0.3, -0.25) is 4.79 Å². The average Bonchev–Trinajstić information content (AvgIpc) is 1.82. The minimum atomic E-state index is -1.36. The predicted molar refractivity (Wildman–Crippen MR) is 31.4 cm³/mol. The fraction of sp³-hybridized carbons (Fsp3) is 0.600. The van der Waals surface area contributed by atoms with E-state index in [0.717, 1.165) is 0 Å². The van der Waals surface area contributed by atoms with Crippen molar-refractivity contribution in [3.63, 3.8) is 0 Å².